The van der Waals surface area contributed by atoms with E-state index < -0.39 is 0 Å². The van der Waals surface area contributed by atoms with Crippen molar-refractivity contribution in [3.05, 3.63) is 18.2 Å². The molecule has 2 fully saturated rings. The van der Waals surface area contributed by atoms with Crippen LogP contribution in [0.5, 0.6) is 0 Å². The van der Waals surface area contributed by atoms with Crippen LogP contribution in [0.3, 0.4) is 0 Å². The van der Waals surface area contributed by atoms with Crippen molar-refractivity contribution in [2.24, 2.45) is 5.92 Å². The van der Waals surface area contributed by atoms with Crippen molar-refractivity contribution in [2.45, 2.75) is 64.0 Å². The summed E-state index contributed by atoms with van der Waals surface area (Å²) in [7, 11) is 0. The first-order valence-corrected chi connectivity index (χ1v) is 7.67. The number of aryl methyl sites for hydroxylation is 1. The predicted octanol–water partition coefficient (Wildman–Crippen LogP) is 3.28. The summed E-state index contributed by atoms with van der Waals surface area (Å²) < 4.78 is 2.37. The van der Waals surface area contributed by atoms with Crippen LogP contribution in [0, 0.1) is 5.92 Å². The fourth-order valence-electron chi connectivity index (χ4n) is 3.59. The largest absolute Gasteiger partial charge is 0.333 e. The van der Waals surface area contributed by atoms with Gasteiger partial charge in [-0.25, -0.2) is 4.98 Å². The van der Waals surface area contributed by atoms with E-state index in [-0.39, 0.29) is 0 Å². The van der Waals surface area contributed by atoms with E-state index in [4.69, 9.17) is 0 Å². The first-order chi connectivity index (χ1) is 8.93. The van der Waals surface area contributed by atoms with Crippen molar-refractivity contribution in [3.63, 3.8) is 0 Å². The van der Waals surface area contributed by atoms with Gasteiger partial charge in [0.2, 0.25) is 0 Å². The summed E-state index contributed by atoms with van der Waals surface area (Å²) in [6.07, 6.45) is 15.3. The lowest BCUT2D eigenvalue weighted by molar-refractivity contribution is 0.449. The van der Waals surface area contributed by atoms with Gasteiger partial charge in [-0.2, -0.15) is 0 Å². The zero-order chi connectivity index (χ0) is 12.2. The van der Waals surface area contributed by atoms with Gasteiger partial charge in [0.25, 0.3) is 0 Å². The van der Waals surface area contributed by atoms with Gasteiger partial charge in [0, 0.05) is 18.8 Å². The van der Waals surface area contributed by atoms with Crippen LogP contribution in [0.25, 0.3) is 0 Å². The molecule has 0 radical (unpaired) electrons. The van der Waals surface area contributed by atoms with Gasteiger partial charge in [0.05, 0.1) is 12.0 Å². The molecule has 1 saturated carbocycles. The van der Waals surface area contributed by atoms with Crippen molar-refractivity contribution >= 4 is 0 Å². The van der Waals surface area contributed by atoms with E-state index in [1.807, 2.05) is 6.33 Å². The van der Waals surface area contributed by atoms with Crippen molar-refractivity contribution in [2.75, 3.05) is 6.54 Å². The molecular weight excluding hydrogens is 222 g/mol. The summed E-state index contributed by atoms with van der Waals surface area (Å²) in [6.45, 7) is 2.32. The number of rotatable bonds is 5. The summed E-state index contributed by atoms with van der Waals surface area (Å²) in [6, 6.07) is 0.555. The van der Waals surface area contributed by atoms with E-state index in [2.05, 4.69) is 21.1 Å². The highest BCUT2D eigenvalue weighted by atomic mass is 15.1. The highest BCUT2D eigenvalue weighted by molar-refractivity contribution is 5.07. The lowest BCUT2D eigenvalue weighted by Gasteiger charge is -2.15. The van der Waals surface area contributed by atoms with Gasteiger partial charge in [-0.05, 0) is 38.1 Å². The minimum absolute atomic E-state index is 0.555. The lowest BCUT2D eigenvalue weighted by Crippen LogP contribution is -2.17. The van der Waals surface area contributed by atoms with E-state index in [1.165, 1.54) is 57.1 Å². The van der Waals surface area contributed by atoms with Crippen LogP contribution in [0.4, 0.5) is 0 Å². The van der Waals surface area contributed by atoms with Gasteiger partial charge in [-0.1, -0.05) is 25.7 Å². The first-order valence-electron chi connectivity index (χ1n) is 7.67. The van der Waals surface area contributed by atoms with Crippen molar-refractivity contribution in [1.82, 2.24) is 14.9 Å². The van der Waals surface area contributed by atoms with Gasteiger partial charge in [-0.15, -0.1) is 0 Å². The summed E-state index contributed by atoms with van der Waals surface area (Å²) >= 11 is 0. The van der Waals surface area contributed by atoms with Gasteiger partial charge < -0.3 is 9.88 Å². The average Bonchev–Trinajstić information content (AvgIpc) is 3.12. The van der Waals surface area contributed by atoms with Crippen molar-refractivity contribution in [1.29, 1.82) is 0 Å². The standard InChI is InChI=1S/C15H25N3/c1-2-6-13(5-1)7-4-10-18-12-16-11-15(18)14-8-3-9-17-14/h11-14,17H,1-10H2/t14-/m0/s1. The van der Waals surface area contributed by atoms with Gasteiger partial charge in [0.15, 0.2) is 0 Å². The number of hydrogen-bond acceptors (Lipinski definition) is 2. The van der Waals surface area contributed by atoms with Gasteiger partial charge in [0.1, 0.15) is 0 Å². The quantitative estimate of drug-likeness (QED) is 0.865. The second kappa shape index (κ2) is 5.87. The van der Waals surface area contributed by atoms with E-state index in [9.17, 15) is 0 Å². The molecule has 18 heavy (non-hydrogen) atoms. The summed E-state index contributed by atoms with van der Waals surface area (Å²) in [5, 5.41) is 3.57. The normalized spacial score (nSPS) is 25.0. The Morgan fingerprint density at radius 2 is 2.11 bits per heavy atom. The molecule has 1 saturated heterocycles. The molecular formula is C15H25N3. The van der Waals surface area contributed by atoms with Crippen LogP contribution in [0.1, 0.15) is 63.1 Å². The molecule has 0 bridgehead atoms. The molecule has 0 unspecified atom stereocenters. The Balaban J connectivity index is 1.51. The molecule has 3 rings (SSSR count). The zero-order valence-corrected chi connectivity index (χ0v) is 11.3. The smallest absolute Gasteiger partial charge is 0.0948 e. The molecule has 0 aromatic carbocycles. The molecule has 2 aliphatic rings. The highest BCUT2D eigenvalue weighted by Crippen LogP contribution is 2.29. The lowest BCUT2D eigenvalue weighted by atomic mass is 10.0. The molecule has 1 atom stereocenters. The molecule has 1 aromatic heterocycles. The minimum atomic E-state index is 0.555. The summed E-state index contributed by atoms with van der Waals surface area (Å²) in [5.41, 5.74) is 1.40. The fourth-order valence-corrected chi connectivity index (χ4v) is 3.59. The minimum Gasteiger partial charge on any atom is -0.333 e. The average molecular weight is 247 g/mol. The molecule has 2 heterocycles. The van der Waals surface area contributed by atoms with Crippen LogP contribution in [-0.4, -0.2) is 16.1 Å². The molecule has 100 valence electrons. The Labute approximate surface area is 110 Å². The van der Waals surface area contributed by atoms with Gasteiger partial charge >= 0.3 is 0 Å². The van der Waals surface area contributed by atoms with Gasteiger partial charge in [-0.3, -0.25) is 0 Å². The van der Waals surface area contributed by atoms with E-state index >= 15 is 0 Å². The third-order valence-corrected chi connectivity index (χ3v) is 4.65. The summed E-state index contributed by atoms with van der Waals surface area (Å²) in [5.74, 6) is 1.02. The Hall–Kier alpha value is -0.830. The number of nitrogens with one attached hydrogen (secondary N) is 1. The Morgan fingerprint density at radius 3 is 2.89 bits per heavy atom. The van der Waals surface area contributed by atoms with E-state index in [1.54, 1.807) is 0 Å². The molecule has 1 aliphatic carbocycles. The molecule has 1 aromatic rings. The fraction of sp³-hybridized carbons (Fsp3) is 0.800. The molecule has 1 aliphatic heterocycles. The Bertz CT molecular complexity index is 360. The third-order valence-electron chi connectivity index (χ3n) is 4.65. The molecule has 0 amide bonds. The van der Waals surface area contributed by atoms with Crippen molar-refractivity contribution in [3.8, 4) is 0 Å². The number of imidazole rings is 1. The first kappa shape index (κ1) is 12.2. The van der Waals surface area contributed by atoms with Crippen LogP contribution in [0.2, 0.25) is 0 Å². The zero-order valence-electron chi connectivity index (χ0n) is 11.3. The molecule has 3 nitrogen and oxygen atoms in total. The van der Waals surface area contributed by atoms with Crippen LogP contribution < -0.4 is 5.32 Å². The Kier molecular flexibility index (Phi) is 3.99. The van der Waals surface area contributed by atoms with E-state index in [0.29, 0.717) is 6.04 Å². The molecule has 0 spiro atoms. The number of aromatic nitrogens is 2. The van der Waals surface area contributed by atoms with Crippen LogP contribution >= 0.6 is 0 Å². The second-order valence-electron chi connectivity index (χ2n) is 5.95. The Morgan fingerprint density at radius 1 is 1.22 bits per heavy atom. The maximum absolute atomic E-state index is 4.34. The topological polar surface area (TPSA) is 29.9 Å². The summed E-state index contributed by atoms with van der Waals surface area (Å²) in [4.78, 5) is 4.34. The second-order valence-corrected chi connectivity index (χ2v) is 5.95. The number of hydrogen-bond donors (Lipinski definition) is 1. The third kappa shape index (κ3) is 2.77. The molecule has 3 heteroatoms. The maximum atomic E-state index is 4.34. The highest BCUT2D eigenvalue weighted by Gasteiger charge is 2.20. The maximum Gasteiger partial charge on any atom is 0.0948 e. The van der Waals surface area contributed by atoms with Crippen molar-refractivity contribution < 1.29 is 0 Å². The number of nitrogens with zero attached hydrogens (tertiary/aromatic N) is 2. The SMILES string of the molecule is c1ncn(CCCC2CCCC2)c1[C@@H]1CCCN1. The van der Waals surface area contributed by atoms with E-state index in [0.717, 1.165) is 19.0 Å². The molecule has 1 N–H and O–H groups in total. The predicted molar refractivity (Wildman–Crippen MR) is 73.4 cm³/mol. The monoisotopic (exact) mass is 247 g/mol. The van der Waals surface area contributed by atoms with Crippen LogP contribution in [0.15, 0.2) is 12.5 Å². The van der Waals surface area contributed by atoms with Crippen LogP contribution in [-0.2, 0) is 6.54 Å².